The van der Waals surface area contributed by atoms with Gasteiger partial charge in [-0.1, -0.05) is 12.1 Å². The number of halogens is 1. The molecule has 108 valence electrons. The van der Waals surface area contributed by atoms with E-state index < -0.39 is 29.1 Å². The largest absolute Gasteiger partial charge is 0.476 e. The number of benzene rings is 1. The van der Waals surface area contributed by atoms with Gasteiger partial charge >= 0.3 is 5.82 Å². The third-order valence-corrected chi connectivity index (χ3v) is 2.43. The highest BCUT2D eigenvalue weighted by Gasteiger charge is 2.17. The molecular formula is C13H10FN3O4. The van der Waals surface area contributed by atoms with Crippen molar-refractivity contribution in [3.8, 4) is 5.75 Å². The van der Waals surface area contributed by atoms with Crippen LogP contribution in [-0.4, -0.2) is 22.4 Å². The van der Waals surface area contributed by atoms with E-state index in [0.29, 0.717) is 0 Å². The minimum Gasteiger partial charge on any atom is -0.476 e. The Morgan fingerprint density at radius 1 is 1.33 bits per heavy atom. The standard InChI is InChI=1S/C13H10FN3O4/c14-9-4-1-2-5-10(9)16-12(18)8-21-11-6-3-7-15-13(11)17(19)20/h1-7H,8H2,(H,16,18). The fourth-order valence-corrected chi connectivity index (χ4v) is 1.52. The number of hydrogen-bond donors (Lipinski definition) is 1. The molecule has 1 aromatic carbocycles. The van der Waals surface area contributed by atoms with Gasteiger partial charge in [0.25, 0.3) is 5.91 Å². The van der Waals surface area contributed by atoms with E-state index in [2.05, 4.69) is 10.3 Å². The number of aromatic nitrogens is 1. The molecule has 0 aliphatic rings. The van der Waals surface area contributed by atoms with Gasteiger partial charge in [0.1, 0.15) is 12.0 Å². The maximum absolute atomic E-state index is 13.3. The van der Waals surface area contributed by atoms with Gasteiger partial charge in [-0.15, -0.1) is 0 Å². The van der Waals surface area contributed by atoms with E-state index in [1.165, 1.54) is 36.5 Å². The predicted octanol–water partition coefficient (Wildman–Crippen LogP) is 2.15. The van der Waals surface area contributed by atoms with Crippen LogP contribution in [0.15, 0.2) is 42.6 Å². The fraction of sp³-hybridized carbons (Fsp3) is 0.0769. The molecule has 0 saturated carbocycles. The van der Waals surface area contributed by atoms with Crippen LogP contribution in [0, 0.1) is 15.9 Å². The molecule has 0 atom stereocenters. The molecule has 0 spiro atoms. The summed E-state index contributed by atoms with van der Waals surface area (Å²) in [5.41, 5.74) is 0.00628. The molecule has 0 radical (unpaired) electrons. The highest BCUT2D eigenvalue weighted by atomic mass is 19.1. The van der Waals surface area contributed by atoms with E-state index >= 15 is 0 Å². The van der Waals surface area contributed by atoms with Crippen LogP contribution in [0.1, 0.15) is 0 Å². The van der Waals surface area contributed by atoms with Gasteiger partial charge in [-0.3, -0.25) is 4.79 Å². The Morgan fingerprint density at radius 2 is 2.10 bits per heavy atom. The molecule has 0 fully saturated rings. The third kappa shape index (κ3) is 3.72. The Kier molecular flexibility index (Phi) is 4.39. The summed E-state index contributed by atoms with van der Waals surface area (Å²) in [6.45, 7) is -0.499. The Balaban J connectivity index is 1.99. The molecule has 0 aliphatic carbocycles. The van der Waals surface area contributed by atoms with Crippen LogP contribution in [0.5, 0.6) is 5.75 Å². The van der Waals surface area contributed by atoms with Crippen LogP contribution < -0.4 is 10.1 Å². The van der Waals surface area contributed by atoms with Crippen LogP contribution in [0.2, 0.25) is 0 Å². The first-order valence-corrected chi connectivity index (χ1v) is 5.84. The molecular weight excluding hydrogens is 281 g/mol. The fourth-order valence-electron chi connectivity index (χ4n) is 1.52. The second kappa shape index (κ2) is 6.42. The number of hydrogen-bond acceptors (Lipinski definition) is 5. The van der Waals surface area contributed by atoms with Crippen molar-refractivity contribution in [1.29, 1.82) is 0 Å². The molecule has 21 heavy (non-hydrogen) atoms. The van der Waals surface area contributed by atoms with E-state index in [9.17, 15) is 19.3 Å². The maximum atomic E-state index is 13.3. The average molecular weight is 291 g/mol. The maximum Gasteiger partial charge on any atom is 0.406 e. The highest BCUT2D eigenvalue weighted by Crippen LogP contribution is 2.22. The van der Waals surface area contributed by atoms with Crippen molar-refractivity contribution >= 4 is 17.4 Å². The normalized spacial score (nSPS) is 9.95. The Hall–Kier alpha value is -3.03. The number of amides is 1. The number of carbonyl (C=O) groups is 1. The monoisotopic (exact) mass is 291 g/mol. The van der Waals surface area contributed by atoms with Crippen molar-refractivity contribution in [2.24, 2.45) is 0 Å². The first kappa shape index (κ1) is 14.4. The summed E-state index contributed by atoms with van der Waals surface area (Å²) in [6.07, 6.45) is 1.24. The summed E-state index contributed by atoms with van der Waals surface area (Å²) < 4.78 is 18.4. The van der Waals surface area contributed by atoms with Crippen LogP contribution in [-0.2, 0) is 4.79 Å². The van der Waals surface area contributed by atoms with Crippen molar-refractivity contribution in [1.82, 2.24) is 4.98 Å². The average Bonchev–Trinajstić information content (AvgIpc) is 2.48. The Labute approximate surface area is 118 Å². The van der Waals surface area contributed by atoms with Crippen LogP contribution in [0.25, 0.3) is 0 Å². The summed E-state index contributed by atoms with van der Waals surface area (Å²) in [6, 6.07) is 8.40. The molecule has 1 heterocycles. The summed E-state index contributed by atoms with van der Waals surface area (Å²) in [5.74, 6) is -1.85. The lowest BCUT2D eigenvalue weighted by atomic mass is 10.3. The van der Waals surface area contributed by atoms with E-state index in [4.69, 9.17) is 4.74 Å². The molecule has 2 rings (SSSR count). The van der Waals surface area contributed by atoms with Crippen molar-refractivity contribution in [3.63, 3.8) is 0 Å². The summed E-state index contributed by atoms with van der Waals surface area (Å²) in [4.78, 5) is 25.2. The number of rotatable bonds is 5. The second-order valence-corrected chi connectivity index (χ2v) is 3.90. The number of pyridine rings is 1. The van der Waals surface area contributed by atoms with Gasteiger partial charge in [-0.25, -0.2) is 4.39 Å². The summed E-state index contributed by atoms with van der Waals surface area (Å²) in [7, 11) is 0. The van der Waals surface area contributed by atoms with Gasteiger partial charge in [-0.05, 0) is 34.2 Å². The number of carbonyl (C=O) groups excluding carboxylic acids is 1. The molecule has 0 unspecified atom stereocenters. The van der Waals surface area contributed by atoms with Gasteiger partial charge in [-0.2, -0.15) is 0 Å². The smallest absolute Gasteiger partial charge is 0.406 e. The molecule has 1 aromatic heterocycles. The minimum atomic E-state index is -0.718. The van der Waals surface area contributed by atoms with Crippen LogP contribution in [0.4, 0.5) is 15.9 Å². The molecule has 0 aliphatic heterocycles. The highest BCUT2D eigenvalue weighted by molar-refractivity contribution is 5.92. The Morgan fingerprint density at radius 3 is 2.81 bits per heavy atom. The van der Waals surface area contributed by atoms with Crippen LogP contribution >= 0.6 is 0 Å². The number of nitro groups is 1. The number of anilines is 1. The van der Waals surface area contributed by atoms with Gasteiger partial charge in [0.2, 0.25) is 5.75 Å². The molecule has 2 aromatic rings. The first-order valence-electron chi connectivity index (χ1n) is 5.84. The van der Waals surface area contributed by atoms with E-state index in [-0.39, 0.29) is 11.4 Å². The van der Waals surface area contributed by atoms with Gasteiger partial charge in [0.05, 0.1) is 5.69 Å². The lowest BCUT2D eigenvalue weighted by Crippen LogP contribution is -2.21. The lowest BCUT2D eigenvalue weighted by Gasteiger charge is -2.07. The number of nitrogens with zero attached hydrogens (tertiary/aromatic N) is 2. The second-order valence-electron chi connectivity index (χ2n) is 3.90. The van der Waals surface area contributed by atoms with Gasteiger partial charge in [0.15, 0.2) is 6.61 Å². The topological polar surface area (TPSA) is 94.4 Å². The van der Waals surface area contributed by atoms with Crippen molar-refractivity contribution in [3.05, 3.63) is 58.5 Å². The zero-order chi connectivity index (χ0) is 15.2. The summed E-state index contributed by atoms with van der Waals surface area (Å²) in [5, 5.41) is 13.0. The minimum absolute atomic E-state index is 0.00628. The van der Waals surface area contributed by atoms with Gasteiger partial charge < -0.3 is 20.2 Å². The van der Waals surface area contributed by atoms with Crippen molar-refractivity contribution in [2.45, 2.75) is 0 Å². The van der Waals surface area contributed by atoms with Crippen LogP contribution in [0.3, 0.4) is 0 Å². The SMILES string of the molecule is O=C(COc1cccnc1[N+](=O)[O-])Nc1ccccc1F. The summed E-state index contributed by atoms with van der Waals surface area (Å²) >= 11 is 0. The zero-order valence-corrected chi connectivity index (χ0v) is 10.7. The molecule has 0 bridgehead atoms. The zero-order valence-electron chi connectivity index (χ0n) is 10.7. The molecule has 1 N–H and O–H groups in total. The van der Waals surface area contributed by atoms with Crippen molar-refractivity contribution in [2.75, 3.05) is 11.9 Å². The third-order valence-electron chi connectivity index (χ3n) is 2.43. The molecule has 8 heteroatoms. The van der Waals surface area contributed by atoms with E-state index in [1.807, 2.05) is 0 Å². The first-order chi connectivity index (χ1) is 10.1. The van der Waals surface area contributed by atoms with E-state index in [1.54, 1.807) is 6.07 Å². The van der Waals surface area contributed by atoms with Gasteiger partial charge in [0, 0.05) is 0 Å². The predicted molar refractivity (Wildman–Crippen MR) is 71.4 cm³/mol. The molecule has 1 amide bonds. The number of ether oxygens (including phenoxy) is 1. The molecule has 7 nitrogen and oxygen atoms in total. The lowest BCUT2D eigenvalue weighted by molar-refractivity contribution is -0.390. The Bertz CT molecular complexity index is 678. The number of nitrogens with one attached hydrogen (secondary N) is 1. The number of para-hydroxylation sites is 1. The molecule has 0 saturated heterocycles. The quantitative estimate of drug-likeness (QED) is 0.672. The van der Waals surface area contributed by atoms with E-state index in [0.717, 1.165) is 0 Å². The van der Waals surface area contributed by atoms with Crippen molar-refractivity contribution < 1.29 is 18.8 Å².